The van der Waals surface area contributed by atoms with Crippen molar-refractivity contribution in [2.45, 2.75) is 26.4 Å². The van der Waals surface area contributed by atoms with Crippen LogP contribution >= 0.6 is 11.6 Å². The Morgan fingerprint density at radius 3 is 2.57 bits per heavy atom. The van der Waals surface area contributed by atoms with E-state index in [-0.39, 0.29) is 18.4 Å². The predicted molar refractivity (Wildman–Crippen MR) is 83.4 cm³/mol. The van der Waals surface area contributed by atoms with Gasteiger partial charge in [0.15, 0.2) is 0 Å². The Balaban J connectivity index is 2.58. The number of rotatable bonds is 7. The van der Waals surface area contributed by atoms with Gasteiger partial charge in [0.1, 0.15) is 6.10 Å². The molecule has 1 N–H and O–H groups in total. The Labute approximate surface area is 130 Å². The van der Waals surface area contributed by atoms with Crippen LogP contribution in [0, 0.1) is 0 Å². The number of nitrogens with zero attached hydrogens (tertiary/aromatic N) is 1. The summed E-state index contributed by atoms with van der Waals surface area (Å²) in [6, 6.07) is 6.95. The van der Waals surface area contributed by atoms with E-state index < -0.39 is 6.10 Å². The summed E-state index contributed by atoms with van der Waals surface area (Å²) >= 11 is 5.97. The molecule has 0 aromatic heterocycles. The maximum absolute atomic E-state index is 12.1. The molecule has 0 radical (unpaired) electrons. The third-order valence-corrected chi connectivity index (χ3v) is 3.25. The maximum Gasteiger partial charge on any atom is 0.251 e. The second-order valence-corrected chi connectivity index (χ2v) is 4.98. The number of amides is 2. The minimum absolute atomic E-state index is 0.0480. The SMILES string of the molecule is CCO[C@H](CC)C(=O)N(C)CC(=O)Nc1ccccc1Cl. The quantitative estimate of drug-likeness (QED) is 0.841. The predicted octanol–water partition coefficient (Wildman–Crippen LogP) is 2.55. The number of halogens is 1. The van der Waals surface area contributed by atoms with E-state index in [9.17, 15) is 9.59 Å². The van der Waals surface area contributed by atoms with Crippen molar-refractivity contribution in [1.82, 2.24) is 4.90 Å². The number of ether oxygens (including phenoxy) is 1. The summed E-state index contributed by atoms with van der Waals surface area (Å²) in [5, 5.41) is 3.14. The molecule has 1 aromatic rings. The zero-order valence-corrected chi connectivity index (χ0v) is 13.3. The van der Waals surface area contributed by atoms with Crippen LogP contribution in [-0.4, -0.2) is 43.0 Å². The van der Waals surface area contributed by atoms with Crippen LogP contribution in [-0.2, 0) is 14.3 Å². The number of benzene rings is 1. The molecule has 1 atom stereocenters. The Morgan fingerprint density at radius 2 is 2.00 bits per heavy atom. The van der Waals surface area contributed by atoms with Crippen LogP contribution in [0.1, 0.15) is 20.3 Å². The Hall–Kier alpha value is -1.59. The van der Waals surface area contributed by atoms with Crippen molar-refractivity contribution in [2.75, 3.05) is 25.5 Å². The molecule has 21 heavy (non-hydrogen) atoms. The molecule has 0 fully saturated rings. The van der Waals surface area contributed by atoms with E-state index in [2.05, 4.69) is 5.32 Å². The van der Waals surface area contributed by atoms with Gasteiger partial charge in [0, 0.05) is 13.7 Å². The molecule has 0 aliphatic heterocycles. The Morgan fingerprint density at radius 1 is 1.33 bits per heavy atom. The van der Waals surface area contributed by atoms with Gasteiger partial charge in [-0.05, 0) is 25.5 Å². The highest BCUT2D eigenvalue weighted by molar-refractivity contribution is 6.33. The van der Waals surface area contributed by atoms with Gasteiger partial charge in [-0.3, -0.25) is 9.59 Å². The number of nitrogens with one attached hydrogen (secondary N) is 1. The van der Waals surface area contributed by atoms with Crippen molar-refractivity contribution >= 4 is 29.1 Å². The van der Waals surface area contributed by atoms with Gasteiger partial charge in [0.2, 0.25) is 5.91 Å². The van der Waals surface area contributed by atoms with Crippen LogP contribution in [0.25, 0.3) is 0 Å². The lowest BCUT2D eigenvalue weighted by atomic mass is 10.2. The highest BCUT2D eigenvalue weighted by Gasteiger charge is 2.22. The second kappa shape index (κ2) is 8.64. The van der Waals surface area contributed by atoms with E-state index in [0.29, 0.717) is 23.7 Å². The lowest BCUT2D eigenvalue weighted by molar-refractivity contribution is -0.144. The van der Waals surface area contributed by atoms with Crippen molar-refractivity contribution < 1.29 is 14.3 Å². The topological polar surface area (TPSA) is 58.6 Å². The van der Waals surface area contributed by atoms with E-state index in [0.717, 1.165) is 0 Å². The molecular weight excluding hydrogens is 292 g/mol. The summed E-state index contributed by atoms with van der Waals surface area (Å²) in [6.07, 6.45) is 0.0662. The van der Waals surface area contributed by atoms with E-state index in [1.165, 1.54) is 4.90 Å². The molecule has 0 bridgehead atoms. The van der Waals surface area contributed by atoms with Crippen molar-refractivity contribution in [3.8, 4) is 0 Å². The van der Waals surface area contributed by atoms with E-state index in [1.54, 1.807) is 31.3 Å². The molecule has 6 heteroatoms. The Bertz CT molecular complexity index is 494. The summed E-state index contributed by atoms with van der Waals surface area (Å²) in [4.78, 5) is 25.4. The summed E-state index contributed by atoms with van der Waals surface area (Å²) < 4.78 is 5.35. The molecule has 116 valence electrons. The zero-order chi connectivity index (χ0) is 15.8. The number of carbonyl (C=O) groups excluding carboxylic acids is 2. The third-order valence-electron chi connectivity index (χ3n) is 2.92. The third kappa shape index (κ3) is 5.36. The van der Waals surface area contributed by atoms with Crippen molar-refractivity contribution in [3.05, 3.63) is 29.3 Å². The van der Waals surface area contributed by atoms with Crippen LogP contribution < -0.4 is 5.32 Å². The molecule has 0 aliphatic carbocycles. The van der Waals surface area contributed by atoms with Crippen LogP contribution in [0.3, 0.4) is 0 Å². The van der Waals surface area contributed by atoms with Gasteiger partial charge >= 0.3 is 0 Å². The lowest BCUT2D eigenvalue weighted by Gasteiger charge is -2.22. The smallest absolute Gasteiger partial charge is 0.251 e. The fourth-order valence-electron chi connectivity index (χ4n) is 1.86. The number of anilines is 1. The van der Waals surface area contributed by atoms with Crippen LogP contribution in [0.2, 0.25) is 5.02 Å². The number of hydrogen-bond donors (Lipinski definition) is 1. The van der Waals surface area contributed by atoms with E-state index in [1.807, 2.05) is 13.8 Å². The van der Waals surface area contributed by atoms with Crippen LogP contribution in [0.4, 0.5) is 5.69 Å². The average Bonchev–Trinajstić information content (AvgIpc) is 2.46. The standard InChI is InChI=1S/C15H21ClN2O3/c1-4-13(21-5-2)15(20)18(3)10-14(19)17-12-9-7-6-8-11(12)16/h6-9,13H,4-5,10H2,1-3H3,(H,17,19)/t13-/m1/s1. The van der Waals surface area contributed by atoms with Crippen molar-refractivity contribution in [2.24, 2.45) is 0 Å². The first-order valence-corrected chi connectivity index (χ1v) is 7.28. The van der Waals surface area contributed by atoms with E-state index in [4.69, 9.17) is 16.3 Å². The second-order valence-electron chi connectivity index (χ2n) is 4.57. The fourth-order valence-corrected chi connectivity index (χ4v) is 2.04. The summed E-state index contributed by atoms with van der Waals surface area (Å²) in [5.74, 6) is -0.501. The minimum atomic E-state index is -0.506. The zero-order valence-electron chi connectivity index (χ0n) is 12.6. The van der Waals surface area contributed by atoms with Gasteiger partial charge in [0.05, 0.1) is 17.3 Å². The summed E-state index contributed by atoms with van der Waals surface area (Å²) in [5.41, 5.74) is 0.530. The van der Waals surface area contributed by atoms with Gasteiger partial charge in [-0.15, -0.1) is 0 Å². The molecule has 0 spiro atoms. The largest absolute Gasteiger partial charge is 0.369 e. The van der Waals surface area contributed by atoms with E-state index >= 15 is 0 Å². The molecule has 1 aromatic carbocycles. The molecule has 2 amide bonds. The van der Waals surface area contributed by atoms with Crippen molar-refractivity contribution in [1.29, 1.82) is 0 Å². The normalized spacial score (nSPS) is 11.8. The van der Waals surface area contributed by atoms with Gasteiger partial charge in [-0.2, -0.15) is 0 Å². The first-order valence-electron chi connectivity index (χ1n) is 6.90. The van der Waals surface area contributed by atoms with Gasteiger partial charge < -0.3 is 15.0 Å². The maximum atomic E-state index is 12.1. The van der Waals surface area contributed by atoms with Crippen LogP contribution in [0.5, 0.6) is 0 Å². The Kier molecular flexibility index (Phi) is 7.19. The molecule has 0 unspecified atom stereocenters. The first-order chi connectivity index (χ1) is 9.99. The summed E-state index contributed by atoms with van der Waals surface area (Å²) in [6.45, 7) is 4.12. The molecule has 1 rings (SSSR count). The monoisotopic (exact) mass is 312 g/mol. The minimum Gasteiger partial charge on any atom is -0.369 e. The van der Waals surface area contributed by atoms with Crippen molar-refractivity contribution in [3.63, 3.8) is 0 Å². The number of hydrogen-bond acceptors (Lipinski definition) is 3. The fraction of sp³-hybridized carbons (Fsp3) is 0.467. The molecule has 0 saturated carbocycles. The van der Waals surface area contributed by atoms with Crippen LogP contribution in [0.15, 0.2) is 24.3 Å². The molecule has 0 saturated heterocycles. The number of carbonyl (C=O) groups is 2. The summed E-state index contributed by atoms with van der Waals surface area (Å²) in [7, 11) is 1.58. The van der Waals surface area contributed by atoms with Gasteiger partial charge in [-0.1, -0.05) is 30.7 Å². The molecule has 0 aliphatic rings. The lowest BCUT2D eigenvalue weighted by Crippen LogP contribution is -2.41. The van der Waals surface area contributed by atoms with Gasteiger partial charge in [-0.25, -0.2) is 0 Å². The molecule has 5 nitrogen and oxygen atoms in total. The number of likely N-dealkylation sites (N-methyl/N-ethyl adjacent to an activating group) is 1. The molecular formula is C15H21ClN2O3. The highest BCUT2D eigenvalue weighted by Crippen LogP contribution is 2.20. The first kappa shape index (κ1) is 17.5. The molecule has 0 heterocycles. The highest BCUT2D eigenvalue weighted by atomic mass is 35.5. The van der Waals surface area contributed by atoms with Gasteiger partial charge in [0.25, 0.3) is 5.91 Å². The number of para-hydroxylation sites is 1. The average molecular weight is 313 g/mol.